The Labute approximate surface area is 144 Å². The highest BCUT2D eigenvalue weighted by Gasteiger charge is 2.28. The molecule has 1 amide bonds. The van der Waals surface area contributed by atoms with Crippen molar-refractivity contribution in [3.05, 3.63) is 35.9 Å². The second-order valence-corrected chi connectivity index (χ2v) is 5.86. The lowest BCUT2D eigenvalue weighted by Gasteiger charge is -2.18. The van der Waals surface area contributed by atoms with Gasteiger partial charge in [-0.15, -0.1) is 24.8 Å². The number of benzene rings is 1. The third kappa shape index (κ3) is 5.13. The predicted octanol–water partition coefficient (Wildman–Crippen LogP) is 1.97. The molecule has 0 spiro atoms. The fourth-order valence-corrected chi connectivity index (χ4v) is 3.15. The summed E-state index contributed by atoms with van der Waals surface area (Å²) in [5.74, 6) is 0.189. The average molecular weight is 346 g/mol. The van der Waals surface area contributed by atoms with Crippen LogP contribution in [-0.4, -0.2) is 42.5 Å². The molecule has 0 aromatic heterocycles. The first kappa shape index (κ1) is 19.2. The van der Waals surface area contributed by atoms with Gasteiger partial charge < -0.3 is 10.6 Å². The van der Waals surface area contributed by atoms with Gasteiger partial charge in [0.25, 0.3) is 0 Å². The number of rotatable bonds is 4. The van der Waals surface area contributed by atoms with E-state index in [2.05, 4.69) is 39.8 Å². The van der Waals surface area contributed by atoms with E-state index in [9.17, 15) is 4.79 Å². The summed E-state index contributed by atoms with van der Waals surface area (Å²) < 4.78 is 0. The molecule has 22 heavy (non-hydrogen) atoms. The van der Waals surface area contributed by atoms with Crippen LogP contribution >= 0.6 is 24.8 Å². The highest BCUT2D eigenvalue weighted by molar-refractivity contribution is 5.85. The van der Waals surface area contributed by atoms with E-state index in [1.54, 1.807) is 0 Å². The molecule has 2 N–H and O–H groups in total. The zero-order valence-corrected chi connectivity index (χ0v) is 14.3. The molecular formula is C16H25Cl2N3O. The summed E-state index contributed by atoms with van der Waals surface area (Å²) in [6, 6.07) is 10.9. The normalized spacial score (nSPS) is 24.4. The fraction of sp³-hybridized carbons (Fsp3) is 0.562. The van der Waals surface area contributed by atoms with Gasteiger partial charge in [0.05, 0.1) is 6.04 Å². The molecule has 1 aromatic carbocycles. The molecule has 0 radical (unpaired) electrons. The molecule has 3 rings (SSSR count). The maximum absolute atomic E-state index is 12.1. The molecule has 2 fully saturated rings. The van der Waals surface area contributed by atoms with E-state index in [1.807, 2.05) is 6.07 Å². The number of carbonyl (C=O) groups excluding carboxylic acids is 1. The van der Waals surface area contributed by atoms with Gasteiger partial charge in [0.15, 0.2) is 0 Å². The molecule has 0 bridgehead atoms. The summed E-state index contributed by atoms with van der Waals surface area (Å²) >= 11 is 0. The summed E-state index contributed by atoms with van der Waals surface area (Å²) in [6.07, 6.45) is 3.15. The summed E-state index contributed by atoms with van der Waals surface area (Å²) in [5, 5.41) is 6.45. The second kappa shape index (κ2) is 9.36. The number of hydrogen-bond acceptors (Lipinski definition) is 3. The first-order valence-electron chi connectivity index (χ1n) is 7.61. The molecule has 2 heterocycles. The molecule has 2 atom stereocenters. The van der Waals surface area contributed by atoms with E-state index < -0.39 is 0 Å². The molecule has 4 nitrogen and oxygen atoms in total. The number of nitrogens with zero attached hydrogens (tertiary/aromatic N) is 1. The first-order valence-corrected chi connectivity index (χ1v) is 7.61. The van der Waals surface area contributed by atoms with Gasteiger partial charge in [0.2, 0.25) is 5.91 Å². The van der Waals surface area contributed by atoms with Crippen molar-refractivity contribution in [3.8, 4) is 0 Å². The molecular weight excluding hydrogens is 321 g/mol. The minimum absolute atomic E-state index is 0. The van der Waals surface area contributed by atoms with Gasteiger partial charge in [-0.05, 0) is 31.4 Å². The minimum Gasteiger partial charge on any atom is -0.351 e. The highest BCUT2D eigenvalue weighted by Crippen LogP contribution is 2.14. The van der Waals surface area contributed by atoms with Crippen LogP contribution in [0.2, 0.25) is 0 Å². The summed E-state index contributed by atoms with van der Waals surface area (Å²) in [4.78, 5) is 14.5. The lowest BCUT2D eigenvalue weighted by atomic mass is 10.2. The topological polar surface area (TPSA) is 44.4 Å². The Hall–Kier alpha value is -0.810. The van der Waals surface area contributed by atoms with Crippen molar-refractivity contribution < 1.29 is 4.79 Å². The maximum atomic E-state index is 12.1. The molecule has 6 heteroatoms. The molecule has 1 aromatic rings. The predicted molar refractivity (Wildman–Crippen MR) is 93.8 cm³/mol. The van der Waals surface area contributed by atoms with Gasteiger partial charge in [-0.2, -0.15) is 0 Å². The van der Waals surface area contributed by atoms with Crippen LogP contribution in [0.4, 0.5) is 0 Å². The van der Waals surface area contributed by atoms with Crippen molar-refractivity contribution in [1.82, 2.24) is 15.5 Å². The highest BCUT2D eigenvalue weighted by atomic mass is 35.5. The van der Waals surface area contributed by atoms with Crippen LogP contribution in [0.5, 0.6) is 0 Å². The Morgan fingerprint density at radius 1 is 1.23 bits per heavy atom. The molecule has 124 valence electrons. The number of likely N-dealkylation sites (tertiary alicyclic amines) is 1. The fourth-order valence-electron chi connectivity index (χ4n) is 3.15. The van der Waals surface area contributed by atoms with Crippen LogP contribution in [0, 0.1) is 0 Å². The van der Waals surface area contributed by atoms with Crippen molar-refractivity contribution in [1.29, 1.82) is 0 Å². The average Bonchev–Trinajstić information content (AvgIpc) is 3.11. The molecule has 2 aliphatic rings. The minimum atomic E-state index is 0. The molecule has 2 saturated heterocycles. The largest absolute Gasteiger partial charge is 0.351 e. The van der Waals surface area contributed by atoms with Gasteiger partial charge in [-0.3, -0.25) is 9.69 Å². The molecule has 0 aliphatic carbocycles. The monoisotopic (exact) mass is 345 g/mol. The summed E-state index contributed by atoms with van der Waals surface area (Å²) in [7, 11) is 0. The Bertz CT molecular complexity index is 452. The Balaban J connectivity index is 0.00000121. The third-order valence-corrected chi connectivity index (χ3v) is 4.24. The summed E-state index contributed by atoms with van der Waals surface area (Å²) in [5.41, 5.74) is 1.34. The lowest BCUT2D eigenvalue weighted by Crippen LogP contribution is -2.46. The molecule has 0 saturated carbocycles. The van der Waals surface area contributed by atoms with Gasteiger partial charge >= 0.3 is 0 Å². The SMILES string of the molecule is Cl.Cl.O=C(NC1CCN(Cc2ccccc2)C1)C1CCCN1. The number of hydrogen-bond donors (Lipinski definition) is 2. The maximum Gasteiger partial charge on any atom is 0.237 e. The van der Waals surface area contributed by atoms with Crippen molar-refractivity contribution in [3.63, 3.8) is 0 Å². The van der Waals surface area contributed by atoms with E-state index in [-0.39, 0.29) is 36.8 Å². The first-order chi connectivity index (χ1) is 9.81. The van der Waals surface area contributed by atoms with Crippen LogP contribution < -0.4 is 10.6 Å². The van der Waals surface area contributed by atoms with E-state index in [1.165, 1.54) is 5.56 Å². The van der Waals surface area contributed by atoms with Crippen molar-refractivity contribution in [2.75, 3.05) is 19.6 Å². The summed E-state index contributed by atoms with van der Waals surface area (Å²) in [6.45, 7) is 3.99. The van der Waals surface area contributed by atoms with Crippen LogP contribution in [0.15, 0.2) is 30.3 Å². The number of nitrogens with one attached hydrogen (secondary N) is 2. The number of carbonyl (C=O) groups is 1. The Morgan fingerprint density at radius 3 is 2.68 bits per heavy atom. The van der Waals surface area contributed by atoms with Crippen molar-refractivity contribution in [2.45, 2.75) is 37.9 Å². The quantitative estimate of drug-likeness (QED) is 0.876. The second-order valence-electron chi connectivity index (χ2n) is 5.86. The van der Waals surface area contributed by atoms with Crippen molar-refractivity contribution in [2.24, 2.45) is 0 Å². The van der Waals surface area contributed by atoms with Crippen molar-refractivity contribution >= 4 is 30.7 Å². The molecule has 2 aliphatic heterocycles. The van der Waals surface area contributed by atoms with E-state index in [4.69, 9.17) is 0 Å². The van der Waals surface area contributed by atoms with E-state index >= 15 is 0 Å². The Morgan fingerprint density at radius 2 is 2.00 bits per heavy atom. The number of amides is 1. The smallest absolute Gasteiger partial charge is 0.237 e. The number of halogens is 2. The zero-order chi connectivity index (χ0) is 13.8. The van der Waals surface area contributed by atoms with Crippen LogP contribution in [0.3, 0.4) is 0 Å². The van der Waals surface area contributed by atoms with Crippen LogP contribution in [0.25, 0.3) is 0 Å². The van der Waals surface area contributed by atoms with Gasteiger partial charge in [-0.25, -0.2) is 0 Å². The van der Waals surface area contributed by atoms with Gasteiger partial charge in [-0.1, -0.05) is 30.3 Å². The molecule has 2 unspecified atom stereocenters. The lowest BCUT2D eigenvalue weighted by molar-refractivity contribution is -0.123. The van der Waals surface area contributed by atoms with E-state index in [0.717, 1.165) is 45.4 Å². The Kier molecular flexibility index (Phi) is 8.18. The van der Waals surface area contributed by atoms with E-state index in [0.29, 0.717) is 6.04 Å². The van der Waals surface area contributed by atoms with Gasteiger partial charge in [0, 0.05) is 25.7 Å². The van der Waals surface area contributed by atoms with Crippen LogP contribution in [0.1, 0.15) is 24.8 Å². The van der Waals surface area contributed by atoms with Crippen LogP contribution in [-0.2, 0) is 11.3 Å². The zero-order valence-electron chi connectivity index (χ0n) is 12.7. The third-order valence-electron chi connectivity index (χ3n) is 4.24. The van der Waals surface area contributed by atoms with Gasteiger partial charge in [0.1, 0.15) is 0 Å². The standard InChI is InChI=1S/C16H23N3O.2ClH/c20-16(15-7-4-9-17-15)18-14-8-10-19(12-14)11-13-5-2-1-3-6-13;;/h1-3,5-6,14-15,17H,4,7-12H2,(H,18,20);2*1H.